The zero-order valence-electron chi connectivity index (χ0n) is 10.3. The molecule has 0 aliphatic rings. The highest BCUT2D eigenvalue weighted by molar-refractivity contribution is 5.27. The minimum atomic E-state index is -1.69. The Morgan fingerprint density at radius 2 is 1.89 bits per heavy atom. The van der Waals surface area contributed by atoms with Gasteiger partial charge < -0.3 is 15.2 Å². The van der Waals surface area contributed by atoms with Crippen LogP contribution >= 0.6 is 0 Å². The van der Waals surface area contributed by atoms with Crippen LogP contribution in [0.4, 0.5) is 13.2 Å². The molecule has 18 heavy (non-hydrogen) atoms. The van der Waals surface area contributed by atoms with Crippen molar-refractivity contribution in [2.75, 3.05) is 20.9 Å². The van der Waals surface area contributed by atoms with Gasteiger partial charge in [-0.2, -0.15) is 0 Å². The number of halogens is 3. The zero-order valence-corrected chi connectivity index (χ0v) is 10.3. The first-order valence-electron chi connectivity index (χ1n) is 5.33. The van der Waals surface area contributed by atoms with E-state index in [1.54, 1.807) is 0 Å². The smallest absolute Gasteiger partial charge is 0.163 e. The van der Waals surface area contributed by atoms with Crippen LogP contribution in [0.3, 0.4) is 0 Å². The van der Waals surface area contributed by atoms with Crippen LogP contribution in [-0.2, 0) is 15.0 Å². The molecule has 1 rings (SSSR count). The van der Waals surface area contributed by atoms with Crippen LogP contribution in [0.25, 0.3) is 0 Å². The van der Waals surface area contributed by atoms with Crippen molar-refractivity contribution in [1.82, 2.24) is 0 Å². The summed E-state index contributed by atoms with van der Waals surface area (Å²) in [6, 6.07) is 3.47. The number of ether oxygens (including phenoxy) is 2. The Kier molecular flexibility index (Phi) is 5.13. The summed E-state index contributed by atoms with van der Waals surface area (Å²) in [7, 11) is 2.71. The molecule has 0 amide bonds. The highest BCUT2D eigenvalue weighted by Crippen LogP contribution is 2.29. The van der Waals surface area contributed by atoms with Crippen molar-refractivity contribution >= 4 is 0 Å². The average molecular weight is 263 g/mol. The minimum absolute atomic E-state index is 0.128. The molecule has 0 aromatic heterocycles. The lowest BCUT2D eigenvalue weighted by Crippen LogP contribution is -2.44. The monoisotopic (exact) mass is 263 g/mol. The molecule has 3 nitrogen and oxygen atoms in total. The molecular weight excluding hydrogens is 247 g/mol. The fourth-order valence-corrected chi connectivity index (χ4v) is 1.69. The summed E-state index contributed by atoms with van der Waals surface area (Å²) in [5.41, 5.74) is 3.87. The number of nitrogens with two attached hydrogens (primary N) is 1. The third-order valence-corrected chi connectivity index (χ3v) is 2.78. The van der Waals surface area contributed by atoms with Gasteiger partial charge in [0.2, 0.25) is 0 Å². The third kappa shape index (κ3) is 3.01. The van der Waals surface area contributed by atoms with Crippen LogP contribution in [0.5, 0.6) is 0 Å². The number of alkyl halides is 1. The van der Waals surface area contributed by atoms with Crippen molar-refractivity contribution < 1.29 is 22.6 Å². The maximum absolute atomic E-state index is 13.6. The van der Waals surface area contributed by atoms with Gasteiger partial charge in [0.05, 0.1) is 5.54 Å². The quantitative estimate of drug-likeness (QED) is 0.799. The molecule has 0 fully saturated rings. The maximum Gasteiger partial charge on any atom is 0.163 e. The second-order valence-electron chi connectivity index (χ2n) is 4.00. The van der Waals surface area contributed by atoms with E-state index in [2.05, 4.69) is 0 Å². The molecule has 2 N–H and O–H groups in total. The molecule has 0 saturated heterocycles. The van der Waals surface area contributed by atoms with Gasteiger partial charge in [-0.25, -0.2) is 13.2 Å². The summed E-state index contributed by atoms with van der Waals surface area (Å²) in [5, 5.41) is 0. The lowest BCUT2D eigenvalue weighted by atomic mass is 9.88. The van der Waals surface area contributed by atoms with Gasteiger partial charge >= 0.3 is 0 Å². The van der Waals surface area contributed by atoms with E-state index in [1.807, 2.05) is 0 Å². The van der Waals surface area contributed by atoms with Crippen LogP contribution < -0.4 is 5.73 Å². The second-order valence-corrected chi connectivity index (χ2v) is 4.00. The van der Waals surface area contributed by atoms with E-state index in [-0.39, 0.29) is 12.0 Å². The molecule has 0 heterocycles. The van der Waals surface area contributed by atoms with Crippen molar-refractivity contribution in [3.05, 3.63) is 35.4 Å². The number of hydrogen-bond acceptors (Lipinski definition) is 3. The van der Waals surface area contributed by atoms with Gasteiger partial charge in [0.1, 0.15) is 6.67 Å². The summed E-state index contributed by atoms with van der Waals surface area (Å²) >= 11 is 0. The number of hydrogen-bond donors (Lipinski definition) is 1. The van der Waals surface area contributed by atoms with Gasteiger partial charge in [0, 0.05) is 26.2 Å². The van der Waals surface area contributed by atoms with Crippen molar-refractivity contribution in [2.45, 2.75) is 18.2 Å². The number of benzene rings is 1. The fourth-order valence-electron chi connectivity index (χ4n) is 1.69. The van der Waals surface area contributed by atoms with E-state index in [0.29, 0.717) is 0 Å². The summed E-state index contributed by atoms with van der Waals surface area (Å²) in [6.45, 7) is -1.06. The van der Waals surface area contributed by atoms with E-state index in [0.717, 1.165) is 6.07 Å². The Labute approximate surface area is 104 Å². The van der Waals surface area contributed by atoms with E-state index < -0.39 is 30.1 Å². The van der Waals surface area contributed by atoms with E-state index in [9.17, 15) is 13.2 Å². The maximum atomic E-state index is 13.6. The summed E-state index contributed by atoms with van der Waals surface area (Å²) in [5.74, 6) is -2.22. The van der Waals surface area contributed by atoms with Crippen LogP contribution in [0.15, 0.2) is 18.2 Å². The standard InChI is InChI=1S/C12H16F3NO2/c1-17-10(18-2)6-12(16,7-13)8-4-3-5-9(14)11(8)15/h3-5,10H,6-7,16H2,1-2H3. The van der Waals surface area contributed by atoms with E-state index in [4.69, 9.17) is 15.2 Å². The molecular formula is C12H16F3NO2. The lowest BCUT2D eigenvalue weighted by Gasteiger charge is -2.30. The molecule has 0 bridgehead atoms. The lowest BCUT2D eigenvalue weighted by molar-refractivity contribution is -0.118. The molecule has 0 saturated carbocycles. The molecule has 102 valence electrons. The van der Waals surface area contributed by atoms with Gasteiger partial charge in [-0.15, -0.1) is 0 Å². The topological polar surface area (TPSA) is 44.5 Å². The SMILES string of the molecule is COC(CC(N)(CF)c1cccc(F)c1F)OC. The van der Waals surface area contributed by atoms with Crippen LogP contribution in [0.2, 0.25) is 0 Å². The molecule has 0 radical (unpaired) electrons. The van der Waals surface area contributed by atoms with E-state index in [1.165, 1.54) is 26.4 Å². The minimum Gasteiger partial charge on any atom is -0.356 e. The number of methoxy groups -OCH3 is 2. The van der Waals surface area contributed by atoms with Crippen molar-refractivity contribution in [3.63, 3.8) is 0 Å². The molecule has 0 spiro atoms. The summed E-state index contributed by atoms with van der Waals surface area (Å²) < 4.78 is 49.7. The summed E-state index contributed by atoms with van der Waals surface area (Å²) in [4.78, 5) is 0. The second kappa shape index (κ2) is 6.17. The molecule has 1 aromatic rings. The van der Waals surface area contributed by atoms with Crippen LogP contribution in [-0.4, -0.2) is 27.2 Å². The van der Waals surface area contributed by atoms with Gasteiger partial charge in [0.25, 0.3) is 0 Å². The Balaban J connectivity index is 3.10. The highest BCUT2D eigenvalue weighted by atomic mass is 19.2. The average Bonchev–Trinajstić information content (AvgIpc) is 2.39. The van der Waals surface area contributed by atoms with Crippen molar-refractivity contribution in [3.8, 4) is 0 Å². The highest BCUT2D eigenvalue weighted by Gasteiger charge is 2.34. The van der Waals surface area contributed by atoms with Crippen LogP contribution in [0, 0.1) is 11.6 Å². The van der Waals surface area contributed by atoms with Crippen LogP contribution in [0.1, 0.15) is 12.0 Å². The number of rotatable bonds is 6. The first kappa shape index (κ1) is 14.9. The van der Waals surface area contributed by atoms with Gasteiger partial charge in [-0.1, -0.05) is 12.1 Å². The Hall–Kier alpha value is -1.11. The molecule has 0 aliphatic heterocycles. The van der Waals surface area contributed by atoms with Gasteiger partial charge in [0.15, 0.2) is 17.9 Å². The van der Waals surface area contributed by atoms with Gasteiger partial charge in [-0.3, -0.25) is 0 Å². The fraction of sp³-hybridized carbons (Fsp3) is 0.500. The predicted octanol–water partition coefficient (Wildman–Crippen LogP) is 2.10. The molecule has 1 unspecified atom stereocenters. The largest absolute Gasteiger partial charge is 0.356 e. The van der Waals surface area contributed by atoms with Crippen molar-refractivity contribution in [2.24, 2.45) is 5.73 Å². The predicted molar refractivity (Wildman–Crippen MR) is 60.6 cm³/mol. The third-order valence-electron chi connectivity index (χ3n) is 2.78. The first-order chi connectivity index (χ1) is 8.48. The molecule has 1 atom stereocenters. The molecule has 6 heteroatoms. The zero-order chi connectivity index (χ0) is 13.8. The molecule has 0 aliphatic carbocycles. The summed E-state index contributed by atoms with van der Waals surface area (Å²) in [6.07, 6.45) is -0.926. The Bertz CT molecular complexity index is 399. The Morgan fingerprint density at radius 1 is 1.28 bits per heavy atom. The Morgan fingerprint density at radius 3 is 2.39 bits per heavy atom. The van der Waals surface area contributed by atoms with Crippen molar-refractivity contribution in [1.29, 1.82) is 0 Å². The van der Waals surface area contributed by atoms with Gasteiger partial charge in [-0.05, 0) is 6.07 Å². The molecule has 1 aromatic carbocycles. The first-order valence-corrected chi connectivity index (χ1v) is 5.33. The normalized spacial score (nSPS) is 14.8. The van der Waals surface area contributed by atoms with E-state index >= 15 is 0 Å².